The van der Waals surface area contributed by atoms with E-state index in [9.17, 15) is 4.79 Å². The SMILES string of the molecule is Cc1nn(CC(C)C)c(C)c1CCC(=O)NCCN(C)c1ccccc1. The molecule has 26 heavy (non-hydrogen) atoms. The summed E-state index contributed by atoms with van der Waals surface area (Å²) in [7, 11) is 2.04. The average Bonchev–Trinajstić information content (AvgIpc) is 2.86. The van der Waals surface area contributed by atoms with Crippen LogP contribution in [-0.4, -0.2) is 35.8 Å². The predicted octanol–water partition coefficient (Wildman–Crippen LogP) is 3.34. The highest BCUT2D eigenvalue weighted by Gasteiger charge is 2.13. The van der Waals surface area contributed by atoms with E-state index in [-0.39, 0.29) is 5.91 Å². The number of para-hydroxylation sites is 1. The maximum absolute atomic E-state index is 12.2. The summed E-state index contributed by atoms with van der Waals surface area (Å²) >= 11 is 0. The van der Waals surface area contributed by atoms with Gasteiger partial charge in [0.25, 0.3) is 0 Å². The van der Waals surface area contributed by atoms with Crippen LogP contribution in [0.25, 0.3) is 0 Å². The number of nitrogens with one attached hydrogen (secondary N) is 1. The lowest BCUT2D eigenvalue weighted by molar-refractivity contribution is -0.120. The molecule has 0 aliphatic rings. The van der Waals surface area contributed by atoms with Crippen LogP contribution in [0.5, 0.6) is 0 Å². The zero-order valence-electron chi connectivity index (χ0n) is 16.7. The van der Waals surface area contributed by atoms with Gasteiger partial charge in [-0.3, -0.25) is 9.48 Å². The minimum Gasteiger partial charge on any atom is -0.373 e. The van der Waals surface area contributed by atoms with Crippen LogP contribution in [0.4, 0.5) is 5.69 Å². The van der Waals surface area contributed by atoms with Gasteiger partial charge in [0, 0.05) is 44.5 Å². The Bertz CT molecular complexity index is 706. The molecule has 142 valence electrons. The maximum Gasteiger partial charge on any atom is 0.220 e. The molecule has 0 aliphatic carbocycles. The Morgan fingerprint density at radius 1 is 1.23 bits per heavy atom. The molecule has 2 rings (SSSR count). The highest BCUT2D eigenvalue weighted by atomic mass is 16.1. The first-order valence-corrected chi connectivity index (χ1v) is 9.44. The monoisotopic (exact) mass is 356 g/mol. The zero-order valence-corrected chi connectivity index (χ0v) is 16.7. The molecule has 1 heterocycles. The lowest BCUT2D eigenvalue weighted by Crippen LogP contribution is -2.33. The topological polar surface area (TPSA) is 50.2 Å². The lowest BCUT2D eigenvalue weighted by Gasteiger charge is -2.19. The number of carbonyl (C=O) groups excluding carboxylic acids is 1. The van der Waals surface area contributed by atoms with Crippen molar-refractivity contribution < 1.29 is 4.79 Å². The van der Waals surface area contributed by atoms with Crippen LogP contribution < -0.4 is 10.2 Å². The predicted molar refractivity (Wildman–Crippen MR) is 108 cm³/mol. The Kier molecular flexibility index (Phi) is 7.25. The molecule has 1 aromatic carbocycles. The van der Waals surface area contributed by atoms with Crippen molar-refractivity contribution in [2.24, 2.45) is 5.92 Å². The van der Waals surface area contributed by atoms with Gasteiger partial charge >= 0.3 is 0 Å². The number of carbonyl (C=O) groups is 1. The fourth-order valence-electron chi connectivity index (χ4n) is 3.12. The van der Waals surface area contributed by atoms with Gasteiger partial charge in [0.05, 0.1) is 5.69 Å². The van der Waals surface area contributed by atoms with Crippen molar-refractivity contribution >= 4 is 11.6 Å². The number of benzene rings is 1. The van der Waals surface area contributed by atoms with Crippen LogP contribution >= 0.6 is 0 Å². The fraction of sp³-hybridized carbons (Fsp3) is 0.524. The second-order valence-corrected chi connectivity index (χ2v) is 7.33. The zero-order chi connectivity index (χ0) is 19.1. The number of likely N-dealkylation sites (N-methyl/N-ethyl adjacent to an activating group) is 1. The van der Waals surface area contributed by atoms with E-state index in [0.29, 0.717) is 18.9 Å². The van der Waals surface area contributed by atoms with Gasteiger partial charge in [-0.05, 0) is 43.9 Å². The van der Waals surface area contributed by atoms with E-state index in [2.05, 4.69) is 52.9 Å². The van der Waals surface area contributed by atoms with Crippen LogP contribution in [0.15, 0.2) is 30.3 Å². The number of rotatable bonds is 9. The van der Waals surface area contributed by atoms with Crippen LogP contribution in [0, 0.1) is 19.8 Å². The Hall–Kier alpha value is -2.30. The van der Waals surface area contributed by atoms with Gasteiger partial charge in [0.15, 0.2) is 0 Å². The van der Waals surface area contributed by atoms with Crippen LogP contribution in [-0.2, 0) is 17.8 Å². The molecule has 0 atom stereocenters. The third kappa shape index (κ3) is 5.61. The summed E-state index contributed by atoms with van der Waals surface area (Å²) in [6.07, 6.45) is 1.25. The summed E-state index contributed by atoms with van der Waals surface area (Å²) in [5, 5.41) is 7.65. The van der Waals surface area contributed by atoms with E-state index < -0.39 is 0 Å². The summed E-state index contributed by atoms with van der Waals surface area (Å²) in [5.74, 6) is 0.660. The third-order valence-corrected chi connectivity index (χ3v) is 4.64. The molecule has 0 bridgehead atoms. The molecule has 2 aromatic rings. The quantitative estimate of drug-likeness (QED) is 0.750. The van der Waals surface area contributed by atoms with Gasteiger partial charge in [0.1, 0.15) is 0 Å². The molecule has 5 nitrogen and oxygen atoms in total. The first kappa shape index (κ1) is 20.0. The number of anilines is 1. The first-order chi connectivity index (χ1) is 12.4. The van der Waals surface area contributed by atoms with Crippen molar-refractivity contribution in [2.45, 2.75) is 47.1 Å². The van der Waals surface area contributed by atoms with Gasteiger partial charge in [0.2, 0.25) is 5.91 Å². The number of hydrogen-bond acceptors (Lipinski definition) is 3. The second kappa shape index (κ2) is 9.41. The molecule has 0 unspecified atom stereocenters. The van der Waals surface area contributed by atoms with Crippen molar-refractivity contribution in [1.29, 1.82) is 0 Å². The lowest BCUT2D eigenvalue weighted by atomic mass is 10.1. The molecule has 1 aromatic heterocycles. The van der Waals surface area contributed by atoms with Crippen molar-refractivity contribution in [3.63, 3.8) is 0 Å². The van der Waals surface area contributed by atoms with Gasteiger partial charge in [-0.15, -0.1) is 0 Å². The Balaban J connectivity index is 1.78. The van der Waals surface area contributed by atoms with E-state index in [1.54, 1.807) is 0 Å². The molecule has 0 radical (unpaired) electrons. The standard InChI is InChI=1S/C21H32N4O/c1-16(2)15-25-18(4)20(17(3)23-25)11-12-21(26)22-13-14-24(5)19-9-7-6-8-10-19/h6-10,16H,11-15H2,1-5H3,(H,22,26). The second-order valence-electron chi connectivity index (χ2n) is 7.33. The van der Waals surface area contributed by atoms with Gasteiger partial charge in [-0.25, -0.2) is 0 Å². The molecule has 0 saturated heterocycles. The first-order valence-electron chi connectivity index (χ1n) is 9.44. The molecule has 0 aliphatic heterocycles. The fourth-order valence-corrected chi connectivity index (χ4v) is 3.12. The van der Waals surface area contributed by atoms with Crippen LogP contribution in [0.2, 0.25) is 0 Å². The number of nitrogens with zero attached hydrogens (tertiary/aromatic N) is 3. The molecular weight excluding hydrogens is 324 g/mol. The molecule has 5 heteroatoms. The van der Waals surface area contributed by atoms with Crippen molar-refractivity contribution in [1.82, 2.24) is 15.1 Å². The normalized spacial score (nSPS) is 11.0. The summed E-state index contributed by atoms with van der Waals surface area (Å²) in [4.78, 5) is 14.3. The van der Waals surface area contributed by atoms with E-state index in [1.807, 2.05) is 32.2 Å². The average molecular weight is 357 g/mol. The smallest absolute Gasteiger partial charge is 0.220 e. The summed E-state index contributed by atoms with van der Waals surface area (Å²) in [6, 6.07) is 10.2. The summed E-state index contributed by atoms with van der Waals surface area (Å²) in [5.41, 5.74) is 4.60. The molecule has 0 spiro atoms. The van der Waals surface area contributed by atoms with Crippen molar-refractivity contribution in [2.75, 3.05) is 25.0 Å². The van der Waals surface area contributed by atoms with Crippen molar-refractivity contribution in [3.05, 3.63) is 47.3 Å². The highest BCUT2D eigenvalue weighted by Crippen LogP contribution is 2.16. The number of hydrogen-bond donors (Lipinski definition) is 1. The molecular formula is C21H32N4O. The highest BCUT2D eigenvalue weighted by molar-refractivity contribution is 5.76. The molecule has 1 amide bonds. The van der Waals surface area contributed by atoms with E-state index in [0.717, 1.165) is 30.9 Å². The van der Waals surface area contributed by atoms with Crippen LogP contribution in [0.1, 0.15) is 37.2 Å². The van der Waals surface area contributed by atoms with Gasteiger partial charge < -0.3 is 10.2 Å². The number of aromatic nitrogens is 2. The van der Waals surface area contributed by atoms with E-state index in [4.69, 9.17) is 0 Å². The van der Waals surface area contributed by atoms with Gasteiger partial charge in [-0.2, -0.15) is 5.10 Å². The van der Waals surface area contributed by atoms with Crippen LogP contribution in [0.3, 0.4) is 0 Å². The minimum absolute atomic E-state index is 0.0990. The molecule has 1 N–H and O–H groups in total. The van der Waals surface area contributed by atoms with E-state index >= 15 is 0 Å². The Morgan fingerprint density at radius 2 is 1.92 bits per heavy atom. The Labute approximate surface area is 157 Å². The summed E-state index contributed by atoms with van der Waals surface area (Å²) in [6.45, 7) is 10.9. The minimum atomic E-state index is 0.0990. The summed E-state index contributed by atoms with van der Waals surface area (Å²) < 4.78 is 2.07. The van der Waals surface area contributed by atoms with E-state index in [1.165, 1.54) is 11.3 Å². The van der Waals surface area contributed by atoms with Gasteiger partial charge in [-0.1, -0.05) is 32.0 Å². The number of amides is 1. The third-order valence-electron chi connectivity index (χ3n) is 4.64. The maximum atomic E-state index is 12.2. The Morgan fingerprint density at radius 3 is 2.58 bits per heavy atom. The molecule has 0 fully saturated rings. The molecule has 0 saturated carbocycles. The largest absolute Gasteiger partial charge is 0.373 e. The van der Waals surface area contributed by atoms with Crippen molar-refractivity contribution in [3.8, 4) is 0 Å². The number of aryl methyl sites for hydroxylation is 1.